The first kappa shape index (κ1) is 19.8. The van der Waals surface area contributed by atoms with Crippen LogP contribution in [-0.4, -0.2) is 39.1 Å². The van der Waals surface area contributed by atoms with Crippen molar-refractivity contribution in [3.63, 3.8) is 0 Å². The van der Waals surface area contributed by atoms with Crippen molar-refractivity contribution in [3.05, 3.63) is 23.8 Å². The molecule has 0 fully saturated rings. The predicted octanol–water partition coefficient (Wildman–Crippen LogP) is 2.41. The molecule has 0 bridgehead atoms. The van der Waals surface area contributed by atoms with Crippen LogP contribution in [0.25, 0.3) is 0 Å². The van der Waals surface area contributed by atoms with E-state index in [4.69, 9.17) is 0 Å². The Morgan fingerprint density at radius 2 is 2.00 bits per heavy atom. The third-order valence-corrected chi connectivity index (χ3v) is 6.01. The van der Waals surface area contributed by atoms with Crippen LogP contribution in [0.15, 0.2) is 23.8 Å². The van der Waals surface area contributed by atoms with Gasteiger partial charge in [0.15, 0.2) is 5.25 Å². The Morgan fingerprint density at radius 3 is 2.57 bits per heavy atom. The molecule has 0 aromatic rings. The highest BCUT2D eigenvalue weighted by atomic mass is 32.2. The number of carboxylic acid groups (broad SMARTS) is 1. The quantitative estimate of drug-likeness (QED) is 0.498. The molecule has 0 aromatic carbocycles. The van der Waals surface area contributed by atoms with Crippen molar-refractivity contribution in [3.8, 4) is 0 Å². The van der Waals surface area contributed by atoms with E-state index in [9.17, 15) is 19.2 Å². The molecule has 1 aliphatic carbocycles. The number of amides is 1. The molecule has 1 aliphatic rings. The molecular formula is C17H27NO4S. The van der Waals surface area contributed by atoms with Gasteiger partial charge < -0.3 is 15.0 Å². The summed E-state index contributed by atoms with van der Waals surface area (Å²) in [6.07, 6.45) is 8.14. The first-order valence-electron chi connectivity index (χ1n) is 8.16. The monoisotopic (exact) mass is 341 g/mol. The van der Waals surface area contributed by atoms with Crippen LogP contribution in [0.4, 0.5) is 0 Å². The van der Waals surface area contributed by atoms with Gasteiger partial charge in [0.05, 0.1) is 5.57 Å². The number of carboxylic acids is 1. The van der Waals surface area contributed by atoms with Gasteiger partial charge in [0, 0.05) is 6.54 Å². The number of aliphatic carboxylic acids is 1. The van der Waals surface area contributed by atoms with Crippen LogP contribution in [0.3, 0.4) is 0 Å². The van der Waals surface area contributed by atoms with Crippen molar-refractivity contribution < 1.29 is 19.2 Å². The Bertz CT molecular complexity index is 489. The average Bonchev–Trinajstić information content (AvgIpc) is 2.52. The van der Waals surface area contributed by atoms with Gasteiger partial charge in [-0.15, -0.1) is 0 Å². The van der Waals surface area contributed by atoms with Gasteiger partial charge in [0.25, 0.3) is 5.91 Å². The standard InChI is InChI=1S/C17H27NO4S/c1-4-6-11-18-15(19)13-9-8-10-17(3,16(20)21)14(13)23(22)12-7-5-2/h8-10,14H,4-7,11-12H2,1-3H3,(H,18,19)(H,20,21). The summed E-state index contributed by atoms with van der Waals surface area (Å²) in [5.74, 6) is -0.974. The number of nitrogens with one attached hydrogen (secondary N) is 1. The predicted molar refractivity (Wildman–Crippen MR) is 92.6 cm³/mol. The number of hydrogen-bond acceptors (Lipinski definition) is 3. The second-order valence-electron chi connectivity index (χ2n) is 6.00. The molecule has 3 atom stereocenters. The molecular weight excluding hydrogens is 314 g/mol. The van der Waals surface area contributed by atoms with E-state index in [-0.39, 0.29) is 5.91 Å². The van der Waals surface area contributed by atoms with Crippen LogP contribution < -0.4 is 5.32 Å². The highest BCUT2D eigenvalue weighted by Gasteiger charge is 2.51. The molecule has 5 nitrogen and oxygen atoms in total. The molecule has 23 heavy (non-hydrogen) atoms. The number of hydrogen-bond donors (Lipinski definition) is 2. The second-order valence-corrected chi connectivity index (χ2v) is 7.64. The van der Waals surface area contributed by atoms with Crippen LogP contribution in [0.1, 0.15) is 46.5 Å². The van der Waals surface area contributed by atoms with Crippen LogP contribution in [-0.2, 0) is 20.8 Å². The minimum atomic E-state index is -1.42. The Morgan fingerprint density at radius 1 is 1.35 bits per heavy atom. The first-order valence-corrected chi connectivity index (χ1v) is 9.54. The van der Waals surface area contributed by atoms with E-state index in [0.717, 1.165) is 25.7 Å². The van der Waals surface area contributed by atoms with E-state index in [0.29, 0.717) is 17.9 Å². The third kappa shape index (κ3) is 4.85. The lowest BCUT2D eigenvalue weighted by atomic mass is 9.79. The Kier molecular flexibility index (Phi) is 7.85. The number of carbonyl (C=O) groups excluding carboxylic acids is 1. The summed E-state index contributed by atoms with van der Waals surface area (Å²) in [6, 6.07) is 0. The van der Waals surface area contributed by atoms with Gasteiger partial charge in [-0.25, -0.2) is 0 Å². The van der Waals surface area contributed by atoms with E-state index in [1.807, 2.05) is 13.8 Å². The van der Waals surface area contributed by atoms with Crippen molar-refractivity contribution in [1.82, 2.24) is 5.32 Å². The molecule has 0 heterocycles. The number of unbranched alkanes of at least 4 members (excludes halogenated alkanes) is 2. The number of carbonyl (C=O) groups is 2. The lowest BCUT2D eigenvalue weighted by Crippen LogP contribution is -2.49. The van der Waals surface area contributed by atoms with Gasteiger partial charge in [-0.2, -0.15) is 0 Å². The van der Waals surface area contributed by atoms with Crippen LogP contribution in [0.2, 0.25) is 0 Å². The molecule has 0 saturated carbocycles. The van der Waals surface area contributed by atoms with Gasteiger partial charge in [0.2, 0.25) is 0 Å². The molecule has 130 valence electrons. The van der Waals surface area contributed by atoms with E-state index < -0.39 is 27.8 Å². The SMILES string of the molecule is CCCCNC(=O)C1=CC=CC(C)(C(=O)O)C1[S+]([O-])CCCC. The molecule has 0 saturated heterocycles. The molecule has 0 radical (unpaired) electrons. The molecule has 1 amide bonds. The largest absolute Gasteiger partial charge is 0.616 e. The van der Waals surface area contributed by atoms with Crippen LogP contribution >= 0.6 is 0 Å². The first-order chi connectivity index (χ1) is 10.9. The summed E-state index contributed by atoms with van der Waals surface area (Å²) in [6.45, 7) is 6.09. The summed E-state index contributed by atoms with van der Waals surface area (Å²) in [5, 5.41) is 11.6. The maximum Gasteiger partial charge on any atom is 0.318 e. The molecule has 6 heteroatoms. The molecule has 3 unspecified atom stereocenters. The lowest BCUT2D eigenvalue weighted by molar-refractivity contribution is -0.145. The number of rotatable bonds is 9. The Labute approximate surface area is 141 Å². The van der Waals surface area contributed by atoms with Crippen LogP contribution in [0.5, 0.6) is 0 Å². The number of allylic oxidation sites excluding steroid dienone is 2. The van der Waals surface area contributed by atoms with E-state index in [1.54, 1.807) is 12.2 Å². The topological polar surface area (TPSA) is 89.5 Å². The molecule has 0 spiro atoms. The smallest absolute Gasteiger partial charge is 0.318 e. The third-order valence-electron chi connectivity index (χ3n) is 4.05. The molecule has 1 rings (SSSR count). The fourth-order valence-corrected chi connectivity index (χ4v) is 4.53. The fraction of sp³-hybridized carbons (Fsp3) is 0.647. The summed E-state index contributed by atoms with van der Waals surface area (Å²) in [7, 11) is 0. The normalized spacial score (nSPS) is 24.9. The Hall–Kier alpha value is -1.27. The van der Waals surface area contributed by atoms with Gasteiger partial charge in [-0.3, -0.25) is 9.59 Å². The summed E-state index contributed by atoms with van der Waals surface area (Å²) < 4.78 is 12.7. The maximum atomic E-state index is 12.7. The Balaban J connectivity index is 3.04. The van der Waals surface area contributed by atoms with Crippen molar-refractivity contribution in [2.75, 3.05) is 12.3 Å². The van der Waals surface area contributed by atoms with Crippen molar-refractivity contribution in [1.29, 1.82) is 0 Å². The summed E-state index contributed by atoms with van der Waals surface area (Å²) in [4.78, 5) is 24.2. The zero-order chi connectivity index (χ0) is 17.5. The molecule has 0 aliphatic heterocycles. The van der Waals surface area contributed by atoms with Gasteiger partial charge in [-0.1, -0.05) is 38.8 Å². The highest BCUT2D eigenvalue weighted by molar-refractivity contribution is 7.92. The minimum absolute atomic E-state index is 0.308. The van der Waals surface area contributed by atoms with Gasteiger partial charge in [0.1, 0.15) is 11.2 Å². The van der Waals surface area contributed by atoms with Gasteiger partial charge >= 0.3 is 5.97 Å². The zero-order valence-corrected chi connectivity index (χ0v) is 14.9. The van der Waals surface area contributed by atoms with Gasteiger partial charge in [-0.05, 0) is 37.0 Å². The lowest BCUT2D eigenvalue weighted by Gasteiger charge is -2.35. The minimum Gasteiger partial charge on any atom is -0.616 e. The van der Waals surface area contributed by atoms with E-state index in [1.165, 1.54) is 13.0 Å². The maximum absolute atomic E-state index is 12.7. The zero-order valence-electron chi connectivity index (χ0n) is 14.1. The molecule has 2 N–H and O–H groups in total. The van der Waals surface area contributed by atoms with E-state index >= 15 is 0 Å². The van der Waals surface area contributed by atoms with Crippen molar-refractivity contribution in [2.24, 2.45) is 5.41 Å². The summed E-state index contributed by atoms with van der Waals surface area (Å²) in [5.41, 5.74) is -1.02. The average molecular weight is 341 g/mol. The fourth-order valence-electron chi connectivity index (χ4n) is 2.53. The molecule has 0 aromatic heterocycles. The second kappa shape index (κ2) is 9.13. The van der Waals surface area contributed by atoms with Crippen molar-refractivity contribution >= 4 is 23.1 Å². The summed E-state index contributed by atoms with van der Waals surface area (Å²) >= 11 is -1.42. The van der Waals surface area contributed by atoms with Crippen LogP contribution in [0, 0.1) is 5.41 Å². The van der Waals surface area contributed by atoms with Crippen molar-refractivity contribution in [2.45, 2.75) is 51.7 Å². The highest BCUT2D eigenvalue weighted by Crippen LogP contribution is 2.38. The van der Waals surface area contributed by atoms with E-state index in [2.05, 4.69) is 5.32 Å².